The monoisotopic (exact) mass is 360 g/mol. The van der Waals surface area contributed by atoms with Gasteiger partial charge in [-0.2, -0.15) is 0 Å². The minimum Gasteiger partial charge on any atom is -0.450 e. The predicted octanol–water partition coefficient (Wildman–Crippen LogP) is 6.86. The van der Waals surface area contributed by atoms with E-state index in [0.29, 0.717) is 11.8 Å². The molecule has 0 saturated heterocycles. The van der Waals surface area contributed by atoms with Crippen LogP contribution in [0, 0.1) is 5.41 Å². The zero-order valence-electron chi connectivity index (χ0n) is 14.5. The lowest BCUT2D eigenvalue weighted by atomic mass is 9.78. The molecular weight excluding hydrogens is 344 g/mol. The third kappa shape index (κ3) is 1.68. The van der Waals surface area contributed by atoms with Crippen molar-refractivity contribution in [3.8, 4) is 23.0 Å². The highest BCUT2D eigenvalue weighted by atomic mass is 35.5. The van der Waals surface area contributed by atoms with E-state index < -0.39 is 0 Å². The van der Waals surface area contributed by atoms with Crippen molar-refractivity contribution >= 4 is 11.6 Å². The Morgan fingerprint density at radius 2 is 1.23 bits per heavy atom. The molecule has 2 nitrogen and oxygen atoms in total. The molecule has 2 aliphatic carbocycles. The molecule has 128 valence electrons. The third-order valence-electron chi connectivity index (χ3n) is 6.22. The van der Waals surface area contributed by atoms with Crippen molar-refractivity contribution in [2.75, 3.05) is 0 Å². The van der Waals surface area contributed by atoms with Gasteiger partial charge in [-0.1, -0.05) is 43.6 Å². The summed E-state index contributed by atoms with van der Waals surface area (Å²) in [5.74, 6) is 3.85. The molecule has 0 fully saturated rings. The van der Waals surface area contributed by atoms with Gasteiger partial charge in [-0.3, -0.25) is 0 Å². The summed E-state index contributed by atoms with van der Waals surface area (Å²) in [7, 11) is 0. The first-order valence-corrected chi connectivity index (χ1v) is 9.34. The third-order valence-corrected chi connectivity index (χ3v) is 6.45. The van der Waals surface area contributed by atoms with Gasteiger partial charge in [0.1, 0.15) is 0 Å². The molecule has 0 spiro atoms. The fraction of sp³-hybridized carbons (Fsp3) is 0.217. The molecule has 3 aromatic rings. The van der Waals surface area contributed by atoms with Crippen LogP contribution in [0.2, 0.25) is 5.02 Å². The van der Waals surface area contributed by atoms with Gasteiger partial charge >= 0.3 is 0 Å². The largest absolute Gasteiger partial charge is 0.450 e. The number of rotatable bonds is 0. The van der Waals surface area contributed by atoms with E-state index >= 15 is 0 Å². The van der Waals surface area contributed by atoms with Gasteiger partial charge in [-0.05, 0) is 64.1 Å². The van der Waals surface area contributed by atoms with Crippen LogP contribution < -0.4 is 9.47 Å². The second kappa shape index (κ2) is 4.63. The minimum atomic E-state index is 0.117. The Labute approximate surface area is 157 Å². The van der Waals surface area contributed by atoms with Gasteiger partial charge in [-0.15, -0.1) is 0 Å². The molecule has 3 aromatic carbocycles. The van der Waals surface area contributed by atoms with E-state index in [2.05, 4.69) is 38.1 Å². The molecule has 0 radical (unpaired) electrons. The number of fused-ring (bicyclic) bond motifs is 10. The topological polar surface area (TPSA) is 18.5 Å². The molecule has 3 heteroatoms. The maximum Gasteiger partial charge on any atom is 0.170 e. The number of ether oxygens (including phenoxy) is 2. The Balaban J connectivity index is 1.55. The van der Waals surface area contributed by atoms with Crippen molar-refractivity contribution in [3.05, 3.63) is 81.9 Å². The molecule has 1 heterocycles. The second-order valence-corrected chi connectivity index (χ2v) is 8.48. The van der Waals surface area contributed by atoms with Gasteiger partial charge < -0.3 is 9.47 Å². The molecule has 0 N–H and O–H groups in total. The SMILES string of the molecule is CC1(C)C2c3ccc(Cl)cc3C1c1cc3c(cc12)Oc1ccccc1O3. The number of hydrogen-bond donors (Lipinski definition) is 0. The van der Waals surface area contributed by atoms with E-state index in [-0.39, 0.29) is 5.41 Å². The fourth-order valence-electron chi connectivity index (χ4n) is 5.27. The van der Waals surface area contributed by atoms with Crippen molar-refractivity contribution in [1.29, 1.82) is 0 Å². The van der Waals surface area contributed by atoms with Gasteiger partial charge in [0.05, 0.1) is 0 Å². The number of para-hydroxylation sites is 2. The first kappa shape index (κ1) is 14.7. The van der Waals surface area contributed by atoms with Crippen molar-refractivity contribution in [3.63, 3.8) is 0 Å². The van der Waals surface area contributed by atoms with E-state index in [9.17, 15) is 0 Å². The van der Waals surface area contributed by atoms with Gasteiger partial charge in [0, 0.05) is 16.9 Å². The zero-order chi connectivity index (χ0) is 17.6. The van der Waals surface area contributed by atoms with Gasteiger partial charge in [0.2, 0.25) is 0 Å². The van der Waals surface area contributed by atoms with Gasteiger partial charge in [-0.25, -0.2) is 0 Å². The van der Waals surface area contributed by atoms with E-state index in [4.69, 9.17) is 21.1 Å². The Morgan fingerprint density at radius 1 is 0.692 bits per heavy atom. The van der Waals surface area contributed by atoms with E-state index in [1.807, 2.05) is 30.3 Å². The molecule has 26 heavy (non-hydrogen) atoms. The molecule has 0 amide bonds. The molecular formula is C23H17ClO2. The zero-order valence-corrected chi connectivity index (χ0v) is 15.3. The van der Waals surface area contributed by atoms with Crippen LogP contribution in [-0.2, 0) is 0 Å². The van der Waals surface area contributed by atoms with Crippen LogP contribution in [0.25, 0.3) is 0 Å². The van der Waals surface area contributed by atoms with Crippen LogP contribution in [-0.4, -0.2) is 0 Å². The first-order valence-electron chi connectivity index (χ1n) is 8.96. The van der Waals surface area contributed by atoms with E-state index in [1.165, 1.54) is 22.3 Å². The van der Waals surface area contributed by atoms with Crippen molar-refractivity contribution in [1.82, 2.24) is 0 Å². The first-order chi connectivity index (χ1) is 12.5. The Morgan fingerprint density at radius 3 is 1.85 bits per heavy atom. The summed E-state index contributed by atoms with van der Waals surface area (Å²) in [4.78, 5) is 0. The maximum atomic E-state index is 6.31. The molecule has 3 aliphatic rings. The Kier molecular flexibility index (Phi) is 2.62. The smallest absolute Gasteiger partial charge is 0.170 e. The predicted molar refractivity (Wildman–Crippen MR) is 102 cm³/mol. The van der Waals surface area contributed by atoms with Crippen LogP contribution in [0.15, 0.2) is 54.6 Å². The average molecular weight is 361 g/mol. The summed E-state index contributed by atoms with van der Waals surface area (Å²) < 4.78 is 12.3. The lowest BCUT2D eigenvalue weighted by molar-refractivity contribution is 0.340. The lowest BCUT2D eigenvalue weighted by Crippen LogP contribution is -2.15. The second-order valence-electron chi connectivity index (χ2n) is 8.04. The van der Waals surface area contributed by atoms with Crippen LogP contribution in [0.4, 0.5) is 0 Å². The Bertz CT molecular complexity index is 1100. The summed E-state index contributed by atoms with van der Waals surface area (Å²) >= 11 is 6.31. The van der Waals surface area contributed by atoms with E-state index in [1.54, 1.807) is 0 Å². The van der Waals surface area contributed by atoms with Crippen molar-refractivity contribution in [2.24, 2.45) is 5.41 Å². The van der Waals surface area contributed by atoms with Crippen LogP contribution in [0.1, 0.15) is 47.9 Å². The summed E-state index contributed by atoms with van der Waals surface area (Å²) in [6, 6.07) is 18.5. The van der Waals surface area contributed by atoms with Crippen LogP contribution in [0.3, 0.4) is 0 Å². The maximum absolute atomic E-state index is 6.31. The highest BCUT2D eigenvalue weighted by molar-refractivity contribution is 6.30. The molecule has 2 bridgehead atoms. The van der Waals surface area contributed by atoms with Crippen LogP contribution >= 0.6 is 11.6 Å². The molecule has 0 aromatic heterocycles. The van der Waals surface area contributed by atoms with Gasteiger partial charge in [0.25, 0.3) is 0 Å². The average Bonchev–Trinajstić information content (AvgIpc) is 2.97. The number of benzene rings is 3. The molecule has 1 aliphatic heterocycles. The van der Waals surface area contributed by atoms with Crippen molar-refractivity contribution in [2.45, 2.75) is 25.7 Å². The standard InChI is InChI=1S/C23H17ClO2/c1-23(2)21-13-8-7-12(24)9-14(13)22(23)16-11-20-19(10-15(16)21)25-17-5-3-4-6-18(17)26-20/h3-11,21-22H,1-2H3. The number of halogens is 1. The fourth-order valence-corrected chi connectivity index (χ4v) is 5.45. The highest BCUT2D eigenvalue weighted by Gasteiger charge is 2.55. The lowest BCUT2D eigenvalue weighted by Gasteiger charge is -2.25. The van der Waals surface area contributed by atoms with Crippen molar-refractivity contribution < 1.29 is 9.47 Å². The summed E-state index contributed by atoms with van der Waals surface area (Å²) in [6.45, 7) is 4.71. The van der Waals surface area contributed by atoms with E-state index in [0.717, 1.165) is 28.0 Å². The Hall–Kier alpha value is -2.45. The number of hydrogen-bond acceptors (Lipinski definition) is 2. The summed E-state index contributed by atoms with van der Waals surface area (Å²) in [5, 5.41) is 0.806. The molecule has 6 rings (SSSR count). The molecule has 2 unspecified atom stereocenters. The highest BCUT2D eigenvalue weighted by Crippen LogP contribution is 2.68. The van der Waals surface area contributed by atoms with Crippen LogP contribution in [0.5, 0.6) is 23.0 Å². The summed E-state index contributed by atoms with van der Waals surface area (Å²) in [6.07, 6.45) is 0. The normalized spacial score (nSPS) is 22.6. The quantitative estimate of drug-likeness (QED) is 0.341. The minimum absolute atomic E-state index is 0.117. The molecule has 2 atom stereocenters. The van der Waals surface area contributed by atoms with Gasteiger partial charge in [0.15, 0.2) is 23.0 Å². The summed E-state index contributed by atoms with van der Waals surface area (Å²) in [5.41, 5.74) is 5.57. The molecule has 0 saturated carbocycles.